The van der Waals surface area contributed by atoms with Gasteiger partial charge in [0.2, 0.25) is 0 Å². The van der Waals surface area contributed by atoms with Crippen LogP contribution in [0.5, 0.6) is 5.75 Å². The maximum absolute atomic E-state index is 12.1. The van der Waals surface area contributed by atoms with Gasteiger partial charge in [-0.15, -0.1) is 0 Å². The standard InChI is InChI=1S/C19H20ClN3O3S/c1-12(2)13-7-4-6-10-16(13)26-11-17(24)22-23-19(27)21-18(25)14-8-3-5-9-15(14)20/h3-10,12H,11H2,1-2H3,(H,22,24)(H2,21,23,25,27). The fraction of sp³-hybridized carbons (Fsp3) is 0.211. The van der Waals surface area contributed by atoms with E-state index in [1.165, 1.54) is 0 Å². The van der Waals surface area contributed by atoms with Crippen molar-refractivity contribution in [1.82, 2.24) is 16.2 Å². The van der Waals surface area contributed by atoms with Crippen LogP contribution in [-0.4, -0.2) is 23.5 Å². The van der Waals surface area contributed by atoms with Crippen molar-refractivity contribution in [1.29, 1.82) is 0 Å². The third-order valence-corrected chi connectivity index (χ3v) is 4.09. The molecule has 2 aromatic carbocycles. The normalized spacial score (nSPS) is 10.2. The van der Waals surface area contributed by atoms with E-state index in [1.54, 1.807) is 24.3 Å². The molecule has 0 unspecified atom stereocenters. The van der Waals surface area contributed by atoms with Gasteiger partial charge in [0.1, 0.15) is 5.75 Å². The first-order valence-corrected chi connectivity index (χ1v) is 9.03. The van der Waals surface area contributed by atoms with Gasteiger partial charge in [-0.1, -0.05) is 55.8 Å². The van der Waals surface area contributed by atoms with Crippen molar-refractivity contribution in [3.8, 4) is 5.75 Å². The van der Waals surface area contributed by atoms with E-state index in [2.05, 4.69) is 16.2 Å². The predicted octanol–water partition coefficient (Wildman–Crippen LogP) is 3.18. The van der Waals surface area contributed by atoms with E-state index in [-0.39, 0.29) is 23.2 Å². The summed E-state index contributed by atoms with van der Waals surface area (Å²) in [6, 6.07) is 14.1. The highest BCUT2D eigenvalue weighted by Gasteiger charge is 2.12. The number of ether oxygens (including phenoxy) is 1. The average molecular weight is 406 g/mol. The van der Waals surface area contributed by atoms with Crippen LogP contribution in [0.2, 0.25) is 5.02 Å². The van der Waals surface area contributed by atoms with Gasteiger partial charge in [-0.3, -0.25) is 25.8 Å². The molecule has 0 bridgehead atoms. The number of nitrogens with one attached hydrogen (secondary N) is 3. The Morgan fingerprint density at radius 3 is 2.44 bits per heavy atom. The van der Waals surface area contributed by atoms with Crippen LogP contribution >= 0.6 is 23.8 Å². The van der Waals surface area contributed by atoms with Crippen molar-refractivity contribution in [3.05, 3.63) is 64.7 Å². The van der Waals surface area contributed by atoms with Crippen molar-refractivity contribution in [3.63, 3.8) is 0 Å². The van der Waals surface area contributed by atoms with Gasteiger partial charge < -0.3 is 4.74 Å². The molecule has 27 heavy (non-hydrogen) atoms. The van der Waals surface area contributed by atoms with Crippen LogP contribution in [0.4, 0.5) is 0 Å². The molecule has 0 fully saturated rings. The van der Waals surface area contributed by atoms with Gasteiger partial charge in [0.05, 0.1) is 10.6 Å². The predicted molar refractivity (Wildman–Crippen MR) is 109 cm³/mol. The number of hydrazine groups is 1. The van der Waals surface area contributed by atoms with Gasteiger partial charge in [-0.05, 0) is 41.9 Å². The van der Waals surface area contributed by atoms with Gasteiger partial charge in [0.15, 0.2) is 11.7 Å². The molecule has 0 atom stereocenters. The lowest BCUT2D eigenvalue weighted by Gasteiger charge is -2.14. The lowest BCUT2D eigenvalue weighted by atomic mass is 10.0. The minimum absolute atomic E-state index is 0.0594. The largest absolute Gasteiger partial charge is 0.483 e. The summed E-state index contributed by atoms with van der Waals surface area (Å²) in [7, 11) is 0. The first kappa shape index (κ1) is 20.7. The Morgan fingerprint density at radius 1 is 1.07 bits per heavy atom. The molecule has 0 saturated carbocycles. The van der Waals surface area contributed by atoms with Gasteiger partial charge in [-0.2, -0.15) is 0 Å². The monoisotopic (exact) mass is 405 g/mol. The Morgan fingerprint density at radius 2 is 1.74 bits per heavy atom. The maximum Gasteiger partial charge on any atom is 0.276 e. The molecule has 0 aliphatic carbocycles. The summed E-state index contributed by atoms with van der Waals surface area (Å²) in [5, 5.41) is 2.68. The molecule has 8 heteroatoms. The Kier molecular flexibility index (Phi) is 7.57. The number of thiocarbonyl (C=S) groups is 1. The highest BCUT2D eigenvalue weighted by Crippen LogP contribution is 2.25. The van der Waals surface area contributed by atoms with Crippen LogP contribution < -0.4 is 20.9 Å². The van der Waals surface area contributed by atoms with E-state index >= 15 is 0 Å². The van der Waals surface area contributed by atoms with E-state index in [0.29, 0.717) is 10.8 Å². The summed E-state index contributed by atoms with van der Waals surface area (Å²) in [5.41, 5.74) is 6.12. The maximum atomic E-state index is 12.1. The van der Waals surface area contributed by atoms with Gasteiger partial charge in [0, 0.05) is 0 Å². The second kappa shape index (κ2) is 9.89. The first-order chi connectivity index (χ1) is 12.9. The molecule has 3 N–H and O–H groups in total. The molecule has 2 amide bonds. The number of carbonyl (C=O) groups is 2. The molecule has 142 valence electrons. The van der Waals surface area contributed by atoms with Crippen molar-refractivity contribution in [2.45, 2.75) is 19.8 Å². The summed E-state index contributed by atoms with van der Waals surface area (Å²) in [6.07, 6.45) is 0. The Bertz CT molecular complexity index is 842. The second-order valence-electron chi connectivity index (χ2n) is 5.92. The second-order valence-corrected chi connectivity index (χ2v) is 6.73. The summed E-state index contributed by atoms with van der Waals surface area (Å²) < 4.78 is 5.56. The fourth-order valence-electron chi connectivity index (χ4n) is 2.24. The van der Waals surface area contributed by atoms with Gasteiger partial charge in [-0.25, -0.2) is 0 Å². The molecule has 2 rings (SSSR count). The van der Waals surface area contributed by atoms with Crippen LogP contribution in [0.3, 0.4) is 0 Å². The van der Waals surface area contributed by atoms with E-state index < -0.39 is 11.8 Å². The SMILES string of the molecule is CC(C)c1ccccc1OCC(=O)NNC(=S)NC(=O)c1ccccc1Cl. The quantitative estimate of drug-likeness (QED) is 0.526. The van der Waals surface area contributed by atoms with Crippen molar-refractivity contribution in [2.75, 3.05) is 6.61 Å². The highest BCUT2D eigenvalue weighted by atomic mass is 35.5. The highest BCUT2D eigenvalue weighted by molar-refractivity contribution is 7.80. The zero-order chi connectivity index (χ0) is 19.8. The molecular weight excluding hydrogens is 386 g/mol. The Balaban J connectivity index is 1.79. The van der Waals surface area contributed by atoms with E-state index in [1.807, 2.05) is 38.1 Å². The summed E-state index contributed by atoms with van der Waals surface area (Å²) in [6.45, 7) is 3.89. The molecule has 0 spiro atoms. The zero-order valence-electron chi connectivity index (χ0n) is 14.9. The number of rotatable bonds is 5. The third-order valence-electron chi connectivity index (χ3n) is 3.56. The van der Waals surface area contributed by atoms with Crippen molar-refractivity contribution < 1.29 is 14.3 Å². The first-order valence-electron chi connectivity index (χ1n) is 8.25. The minimum Gasteiger partial charge on any atom is -0.483 e. The number of carbonyl (C=O) groups excluding carboxylic acids is 2. The average Bonchev–Trinajstić information content (AvgIpc) is 2.65. The number of hydrogen-bond acceptors (Lipinski definition) is 4. The minimum atomic E-state index is -0.477. The zero-order valence-corrected chi connectivity index (χ0v) is 16.5. The number of benzene rings is 2. The summed E-state index contributed by atoms with van der Waals surface area (Å²) in [5.74, 6) is 0.00426. The number of halogens is 1. The van der Waals surface area contributed by atoms with Crippen LogP contribution in [0, 0.1) is 0 Å². The van der Waals surface area contributed by atoms with Crippen LogP contribution in [0.25, 0.3) is 0 Å². The molecule has 0 saturated heterocycles. The van der Waals surface area contributed by atoms with E-state index in [9.17, 15) is 9.59 Å². The van der Waals surface area contributed by atoms with E-state index in [4.69, 9.17) is 28.6 Å². The molecule has 0 aliphatic rings. The molecule has 2 aromatic rings. The number of hydrogen-bond donors (Lipinski definition) is 3. The summed E-state index contributed by atoms with van der Waals surface area (Å²) >= 11 is 10.9. The molecule has 6 nitrogen and oxygen atoms in total. The topological polar surface area (TPSA) is 79.5 Å². The molecule has 0 heterocycles. The van der Waals surface area contributed by atoms with Crippen LogP contribution in [0.15, 0.2) is 48.5 Å². The summed E-state index contributed by atoms with van der Waals surface area (Å²) in [4.78, 5) is 24.0. The van der Waals surface area contributed by atoms with Crippen molar-refractivity contribution >= 4 is 40.7 Å². The molecule has 0 radical (unpaired) electrons. The lowest BCUT2D eigenvalue weighted by Crippen LogP contribution is -2.49. The lowest BCUT2D eigenvalue weighted by molar-refractivity contribution is -0.123. The smallest absolute Gasteiger partial charge is 0.276 e. The van der Waals surface area contributed by atoms with Crippen LogP contribution in [-0.2, 0) is 4.79 Å². The fourth-order valence-corrected chi connectivity index (χ4v) is 2.61. The van der Waals surface area contributed by atoms with Gasteiger partial charge >= 0.3 is 0 Å². The molecule has 0 aliphatic heterocycles. The molecular formula is C19H20ClN3O3S. The van der Waals surface area contributed by atoms with E-state index in [0.717, 1.165) is 5.56 Å². The number of para-hydroxylation sites is 1. The molecule has 0 aromatic heterocycles. The Labute approximate surface area is 168 Å². The third kappa shape index (κ3) is 6.23. The van der Waals surface area contributed by atoms with Gasteiger partial charge in [0.25, 0.3) is 11.8 Å². The van der Waals surface area contributed by atoms with Crippen molar-refractivity contribution in [2.24, 2.45) is 0 Å². The number of amides is 2. The van der Waals surface area contributed by atoms with Crippen LogP contribution in [0.1, 0.15) is 35.7 Å². The Hall–Kier alpha value is -2.64.